The predicted molar refractivity (Wildman–Crippen MR) is 52.3 cm³/mol. The summed E-state index contributed by atoms with van der Waals surface area (Å²) < 4.78 is 5.58. The minimum absolute atomic E-state index is 0.555. The molecule has 3 nitrogen and oxygen atoms in total. The highest BCUT2D eigenvalue weighted by atomic mass is 35.5. The second-order valence-electron chi connectivity index (χ2n) is 4.26. The maximum absolute atomic E-state index is 5.61. The van der Waals surface area contributed by atoms with E-state index in [2.05, 4.69) is 10.2 Å². The zero-order valence-electron chi connectivity index (χ0n) is 7.95. The molecule has 0 spiro atoms. The standard InChI is InChI=1S/C10H13ClN2O/c11-5-4-8-12-13-10(14-8)9-6-2-1-3-7(6)9/h6-7,9H,1-5H2. The third-order valence-corrected chi connectivity index (χ3v) is 3.67. The fraction of sp³-hybridized carbons (Fsp3) is 0.800. The topological polar surface area (TPSA) is 38.9 Å². The Morgan fingerprint density at radius 2 is 2.07 bits per heavy atom. The molecular formula is C10H13ClN2O. The third kappa shape index (κ3) is 1.26. The molecule has 2 fully saturated rings. The lowest BCUT2D eigenvalue weighted by Crippen LogP contribution is -1.87. The summed E-state index contributed by atoms with van der Waals surface area (Å²) in [4.78, 5) is 0. The van der Waals surface area contributed by atoms with Crippen molar-refractivity contribution in [2.24, 2.45) is 11.8 Å². The summed E-state index contributed by atoms with van der Waals surface area (Å²) in [5, 5.41) is 8.10. The van der Waals surface area contributed by atoms with Crippen LogP contribution in [0.5, 0.6) is 0 Å². The second-order valence-corrected chi connectivity index (χ2v) is 4.64. The van der Waals surface area contributed by atoms with Crippen LogP contribution in [0.4, 0.5) is 0 Å². The zero-order chi connectivity index (χ0) is 9.54. The largest absolute Gasteiger partial charge is 0.425 e. The van der Waals surface area contributed by atoms with Gasteiger partial charge in [-0.1, -0.05) is 6.42 Å². The minimum Gasteiger partial charge on any atom is -0.425 e. The highest BCUT2D eigenvalue weighted by molar-refractivity contribution is 6.17. The molecule has 0 aromatic carbocycles. The Morgan fingerprint density at radius 1 is 1.29 bits per heavy atom. The van der Waals surface area contributed by atoms with Gasteiger partial charge in [-0.25, -0.2) is 0 Å². The fourth-order valence-electron chi connectivity index (χ4n) is 2.77. The summed E-state index contributed by atoms with van der Waals surface area (Å²) in [6, 6.07) is 0. The van der Waals surface area contributed by atoms with Crippen LogP contribution < -0.4 is 0 Å². The third-order valence-electron chi connectivity index (χ3n) is 3.48. The Bertz CT molecular complexity index is 329. The molecule has 0 aliphatic heterocycles. The first-order valence-electron chi connectivity index (χ1n) is 5.28. The van der Waals surface area contributed by atoms with Gasteiger partial charge in [-0.3, -0.25) is 0 Å². The Kier molecular flexibility index (Phi) is 2.01. The smallest absolute Gasteiger partial charge is 0.220 e. The maximum atomic E-state index is 5.61. The van der Waals surface area contributed by atoms with Crippen LogP contribution >= 0.6 is 11.6 Å². The van der Waals surface area contributed by atoms with Gasteiger partial charge in [-0.15, -0.1) is 21.8 Å². The van der Waals surface area contributed by atoms with E-state index in [1.807, 2.05) is 0 Å². The first-order chi connectivity index (χ1) is 6.90. The summed E-state index contributed by atoms with van der Waals surface area (Å²) in [5.41, 5.74) is 0. The molecule has 4 heteroatoms. The van der Waals surface area contributed by atoms with Crippen molar-refractivity contribution in [2.45, 2.75) is 31.6 Å². The van der Waals surface area contributed by atoms with E-state index in [1.165, 1.54) is 19.3 Å². The van der Waals surface area contributed by atoms with E-state index in [1.54, 1.807) is 0 Å². The van der Waals surface area contributed by atoms with Crippen LogP contribution in [0.2, 0.25) is 0 Å². The number of nitrogens with zero attached hydrogens (tertiary/aromatic N) is 2. The van der Waals surface area contributed by atoms with Crippen molar-refractivity contribution in [3.63, 3.8) is 0 Å². The van der Waals surface area contributed by atoms with Gasteiger partial charge in [0, 0.05) is 18.2 Å². The molecule has 3 rings (SSSR count). The molecule has 2 aliphatic rings. The molecule has 0 N–H and O–H groups in total. The molecule has 2 saturated carbocycles. The van der Waals surface area contributed by atoms with Gasteiger partial charge in [-0.05, 0) is 24.7 Å². The number of halogens is 1. The molecule has 2 unspecified atom stereocenters. The van der Waals surface area contributed by atoms with Gasteiger partial charge in [0.05, 0.1) is 0 Å². The number of alkyl halides is 1. The lowest BCUT2D eigenvalue weighted by Gasteiger charge is -1.95. The van der Waals surface area contributed by atoms with Crippen molar-refractivity contribution >= 4 is 11.6 Å². The van der Waals surface area contributed by atoms with Crippen molar-refractivity contribution in [3.8, 4) is 0 Å². The summed E-state index contributed by atoms with van der Waals surface area (Å²) in [7, 11) is 0. The number of aromatic nitrogens is 2. The van der Waals surface area contributed by atoms with Crippen LogP contribution in [-0.4, -0.2) is 16.1 Å². The Balaban J connectivity index is 1.72. The molecule has 0 saturated heterocycles. The van der Waals surface area contributed by atoms with Crippen LogP contribution in [0.1, 0.15) is 37.0 Å². The number of fused-ring (bicyclic) bond motifs is 1. The van der Waals surface area contributed by atoms with E-state index in [0.29, 0.717) is 24.1 Å². The molecule has 1 aromatic heterocycles. The van der Waals surface area contributed by atoms with Gasteiger partial charge in [-0.2, -0.15) is 0 Å². The molecule has 0 amide bonds. The highest BCUT2D eigenvalue weighted by Crippen LogP contribution is 2.62. The average Bonchev–Trinajstić information content (AvgIpc) is 2.63. The fourth-order valence-corrected chi connectivity index (χ4v) is 2.93. The lowest BCUT2D eigenvalue weighted by atomic mass is 10.1. The second kappa shape index (κ2) is 3.23. The minimum atomic E-state index is 0.555. The van der Waals surface area contributed by atoms with E-state index in [0.717, 1.165) is 17.7 Å². The van der Waals surface area contributed by atoms with E-state index < -0.39 is 0 Å². The monoisotopic (exact) mass is 212 g/mol. The van der Waals surface area contributed by atoms with Crippen LogP contribution in [0.25, 0.3) is 0 Å². The van der Waals surface area contributed by atoms with Crippen molar-refractivity contribution in [2.75, 3.05) is 5.88 Å². The Hall–Kier alpha value is -0.570. The summed E-state index contributed by atoms with van der Waals surface area (Å²) >= 11 is 5.61. The van der Waals surface area contributed by atoms with Gasteiger partial charge in [0.1, 0.15) is 0 Å². The van der Waals surface area contributed by atoms with E-state index in [4.69, 9.17) is 16.0 Å². The Labute approximate surface area is 87.8 Å². The number of aryl methyl sites for hydroxylation is 1. The Morgan fingerprint density at radius 3 is 2.79 bits per heavy atom. The normalized spacial score (nSPS) is 34.5. The van der Waals surface area contributed by atoms with Crippen molar-refractivity contribution in [1.82, 2.24) is 10.2 Å². The van der Waals surface area contributed by atoms with Gasteiger partial charge >= 0.3 is 0 Å². The molecule has 0 bridgehead atoms. The quantitative estimate of drug-likeness (QED) is 0.723. The molecule has 2 atom stereocenters. The first-order valence-corrected chi connectivity index (χ1v) is 5.82. The molecule has 0 radical (unpaired) electrons. The SMILES string of the molecule is ClCCc1nnc(C2C3CCCC32)o1. The summed E-state index contributed by atoms with van der Waals surface area (Å²) in [6.45, 7) is 0. The highest BCUT2D eigenvalue weighted by Gasteiger charge is 2.56. The number of hydrogen-bond donors (Lipinski definition) is 0. The maximum Gasteiger partial charge on any atom is 0.220 e. The molecule has 2 aliphatic carbocycles. The van der Waals surface area contributed by atoms with Gasteiger partial charge in [0.2, 0.25) is 11.8 Å². The average molecular weight is 213 g/mol. The summed E-state index contributed by atoms with van der Waals surface area (Å²) in [5.74, 6) is 4.39. The summed E-state index contributed by atoms with van der Waals surface area (Å²) in [6.07, 6.45) is 4.77. The number of rotatable bonds is 3. The molecule has 1 heterocycles. The molecule has 14 heavy (non-hydrogen) atoms. The molecule has 1 aromatic rings. The van der Waals surface area contributed by atoms with E-state index >= 15 is 0 Å². The lowest BCUT2D eigenvalue weighted by molar-refractivity contribution is 0.437. The van der Waals surface area contributed by atoms with Gasteiger partial charge in [0.15, 0.2) is 0 Å². The first kappa shape index (κ1) is 8.72. The van der Waals surface area contributed by atoms with Crippen LogP contribution in [0.3, 0.4) is 0 Å². The van der Waals surface area contributed by atoms with Gasteiger partial charge < -0.3 is 4.42 Å². The van der Waals surface area contributed by atoms with Crippen molar-refractivity contribution < 1.29 is 4.42 Å². The van der Waals surface area contributed by atoms with Crippen molar-refractivity contribution in [3.05, 3.63) is 11.8 Å². The zero-order valence-corrected chi connectivity index (χ0v) is 8.70. The predicted octanol–water partition coefficient (Wildman–Crippen LogP) is 2.36. The van der Waals surface area contributed by atoms with E-state index in [9.17, 15) is 0 Å². The molecule has 76 valence electrons. The van der Waals surface area contributed by atoms with Crippen molar-refractivity contribution in [1.29, 1.82) is 0 Å². The molecular weight excluding hydrogens is 200 g/mol. The van der Waals surface area contributed by atoms with E-state index in [-0.39, 0.29) is 0 Å². The van der Waals surface area contributed by atoms with Crippen LogP contribution in [0.15, 0.2) is 4.42 Å². The number of hydrogen-bond acceptors (Lipinski definition) is 3. The van der Waals surface area contributed by atoms with Crippen LogP contribution in [0, 0.1) is 11.8 Å². The van der Waals surface area contributed by atoms with Crippen LogP contribution in [-0.2, 0) is 6.42 Å². The van der Waals surface area contributed by atoms with Gasteiger partial charge in [0.25, 0.3) is 0 Å².